The number of hydrogen-bond donors (Lipinski definition) is 0. The highest BCUT2D eigenvalue weighted by atomic mass is 16.3. The van der Waals surface area contributed by atoms with E-state index in [0.717, 1.165) is 43.6 Å². The van der Waals surface area contributed by atoms with Crippen LogP contribution in [0.1, 0.15) is 12.5 Å². The number of furan rings is 1. The largest absolute Gasteiger partial charge is 0.456 e. The van der Waals surface area contributed by atoms with E-state index in [-0.39, 0.29) is 0 Å². The van der Waals surface area contributed by atoms with E-state index in [9.17, 15) is 0 Å². The molecular weight excluding hydrogens is 294 g/mol. The minimum absolute atomic E-state index is 0.891. The summed E-state index contributed by atoms with van der Waals surface area (Å²) in [5.41, 5.74) is 3.78. The maximum absolute atomic E-state index is 5.92. The highest BCUT2D eigenvalue weighted by Crippen LogP contribution is 2.30. The Morgan fingerprint density at radius 1 is 0.917 bits per heavy atom. The molecule has 0 aliphatic heterocycles. The Labute approximate surface area is 140 Å². The van der Waals surface area contributed by atoms with Crippen molar-refractivity contribution in [3.63, 3.8) is 0 Å². The van der Waals surface area contributed by atoms with Crippen LogP contribution in [0.5, 0.6) is 0 Å². The third-order valence-corrected chi connectivity index (χ3v) is 4.18. The lowest BCUT2D eigenvalue weighted by Gasteiger charge is -2.03. The van der Waals surface area contributed by atoms with Crippen molar-refractivity contribution in [2.45, 2.75) is 6.92 Å². The summed E-state index contributed by atoms with van der Waals surface area (Å²) >= 11 is 0. The molecule has 24 heavy (non-hydrogen) atoms. The highest BCUT2D eigenvalue weighted by Gasteiger charge is 2.09. The smallest absolute Gasteiger partial charge is 0.135 e. The van der Waals surface area contributed by atoms with Gasteiger partial charge in [0.05, 0.1) is 5.70 Å². The second-order valence-electron chi connectivity index (χ2n) is 5.70. The first-order chi connectivity index (χ1) is 11.8. The number of aliphatic imine (C=N–C) groups is 1. The monoisotopic (exact) mass is 311 g/mol. The molecule has 0 saturated heterocycles. The third kappa shape index (κ3) is 2.33. The Morgan fingerprint density at radius 3 is 2.50 bits per heavy atom. The predicted molar refractivity (Wildman–Crippen MR) is 102 cm³/mol. The van der Waals surface area contributed by atoms with Crippen LogP contribution in [0, 0.1) is 0 Å². The maximum Gasteiger partial charge on any atom is 0.135 e. The van der Waals surface area contributed by atoms with Crippen LogP contribution < -0.4 is 10.4 Å². The molecule has 0 saturated carbocycles. The summed E-state index contributed by atoms with van der Waals surface area (Å²) in [7, 11) is 0. The van der Waals surface area contributed by atoms with Gasteiger partial charge < -0.3 is 4.42 Å². The first kappa shape index (κ1) is 14.5. The van der Waals surface area contributed by atoms with Crippen molar-refractivity contribution in [3.8, 4) is 0 Å². The summed E-state index contributed by atoms with van der Waals surface area (Å²) in [5, 5.41) is 4.24. The van der Waals surface area contributed by atoms with Crippen molar-refractivity contribution >= 4 is 40.4 Å². The first-order valence-corrected chi connectivity index (χ1v) is 7.96. The normalized spacial score (nSPS) is 13.0. The predicted octanol–water partition coefficient (Wildman–Crippen LogP) is 4.24. The topological polar surface area (TPSA) is 25.5 Å². The minimum Gasteiger partial charge on any atom is -0.456 e. The molecule has 4 aromatic rings. The van der Waals surface area contributed by atoms with Gasteiger partial charge in [-0.05, 0) is 36.4 Å². The number of hydrogen-bond acceptors (Lipinski definition) is 2. The molecule has 0 atom stereocenters. The lowest BCUT2D eigenvalue weighted by Crippen LogP contribution is -2.24. The zero-order chi connectivity index (χ0) is 16.5. The lowest BCUT2D eigenvalue weighted by molar-refractivity contribution is 0.669. The van der Waals surface area contributed by atoms with E-state index in [4.69, 9.17) is 4.42 Å². The zero-order valence-corrected chi connectivity index (χ0v) is 13.5. The molecule has 0 spiro atoms. The molecule has 0 N–H and O–H groups in total. The molecule has 0 bridgehead atoms. The standard InChI is InChI=1S/C22H17NO/c1-3-23-22(17-9-5-4-8-15(17)2)16-12-13-21-19(14-16)18-10-6-7-11-20(18)24-21/h3-14H,2H2,1H3/b22-17-,23-3+. The lowest BCUT2D eigenvalue weighted by atomic mass is 10.0. The SMILES string of the molecule is C=c1cccc/c1=C(/N=C/C)c1ccc2oc3ccccc3c2c1. The molecule has 0 radical (unpaired) electrons. The molecule has 1 aromatic heterocycles. The van der Waals surface area contributed by atoms with E-state index in [1.54, 1.807) is 0 Å². The molecule has 0 amide bonds. The van der Waals surface area contributed by atoms with Crippen molar-refractivity contribution in [2.24, 2.45) is 4.99 Å². The average Bonchev–Trinajstić information content (AvgIpc) is 2.98. The van der Waals surface area contributed by atoms with Gasteiger partial charge in [-0.15, -0.1) is 0 Å². The fourth-order valence-electron chi connectivity index (χ4n) is 3.05. The van der Waals surface area contributed by atoms with Gasteiger partial charge in [-0.3, -0.25) is 4.99 Å². The molecular formula is C22H17NO. The van der Waals surface area contributed by atoms with E-state index in [0.29, 0.717) is 0 Å². The summed E-state index contributed by atoms with van der Waals surface area (Å²) in [4.78, 5) is 4.62. The van der Waals surface area contributed by atoms with Gasteiger partial charge in [-0.2, -0.15) is 0 Å². The second-order valence-corrected chi connectivity index (χ2v) is 5.70. The molecule has 3 aromatic carbocycles. The Balaban J connectivity index is 2.07. The van der Waals surface area contributed by atoms with Crippen LogP contribution in [0.15, 0.2) is 76.1 Å². The van der Waals surface area contributed by atoms with Gasteiger partial charge >= 0.3 is 0 Å². The number of rotatable bonds is 2. The van der Waals surface area contributed by atoms with E-state index >= 15 is 0 Å². The second kappa shape index (κ2) is 5.82. The third-order valence-electron chi connectivity index (χ3n) is 4.18. The quantitative estimate of drug-likeness (QED) is 0.508. The van der Waals surface area contributed by atoms with Gasteiger partial charge in [0.1, 0.15) is 11.2 Å². The average molecular weight is 311 g/mol. The van der Waals surface area contributed by atoms with Gasteiger partial charge in [0.15, 0.2) is 0 Å². The summed E-state index contributed by atoms with van der Waals surface area (Å²) in [6.07, 6.45) is 1.82. The number of fused-ring (bicyclic) bond motifs is 3. The fourth-order valence-corrected chi connectivity index (χ4v) is 3.05. The Bertz CT molecular complexity index is 1180. The van der Waals surface area contributed by atoms with Crippen molar-refractivity contribution in [1.82, 2.24) is 0 Å². The molecule has 1 heterocycles. The molecule has 0 aliphatic rings. The number of benzene rings is 3. The fraction of sp³-hybridized carbons (Fsp3) is 0.0455. The highest BCUT2D eigenvalue weighted by molar-refractivity contribution is 6.05. The molecule has 2 heteroatoms. The van der Waals surface area contributed by atoms with Gasteiger partial charge in [0.2, 0.25) is 0 Å². The summed E-state index contributed by atoms with van der Waals surface area (Å²) < 4.78 is 5.92. The summed E-state index contributed by atoms with van der Waals surface area (Å²) in [6.45, 7) is 6.07. The van der Waals surface area contributed by atoms with Gasteiger partial charge in [-0.1, -0.05) is 49.0 Å². The van der Waals surface area contributed by atoms with E-state index < -0.39 is 0 Å². The molecule has 0 unspecified atom stereocenters. The van der Waals surface area contributed by atoms with E-state index in [1.807, 2.05) is 55.6 Å². The van der Waals surface area contributed by atoms with Crippen LogP contribution >= 0.6 is 0 Å². The van der Waals surface area contributed by atoms with Crippen molar-refractivity contribution in [3.05, 3.63) is 82.7 Å². The zero-order valence-electron chi connectivity index (χ0n) is 13.5. The van der Waals surface area contributed by atoms with Crippen LogP contribution in [0.4, 0.5) is 0 Å². The number of nitrogens with zero attached hydrogens (tertiary/aromatic N) is 1. The van der Waals surface area contributed by atoms with Crippen LogP contribution in [-0.2, 0) is 0 Å². The van der Waals surface area contributed by atoms with E-state index in [2.05, 4.69) is 35.8 Å². The summed E-state index contributed by atoms with van der Waals surface area (Å²) in [5.74, 6) is 0. The molecule has 0 fully saturated rings. The van der Waals surface area contributed by atoms with E-state index in [1.165, 1.54) is 0 Å². The molecule has 116 valence electrons. The van der Waals surface area contributed by atoms with Gasteiger partial charge in [-0.25, -0.2) is 0 Å². The van der Waals surface area contributed by atoms with Gasteiger partial charge in [0, 0.05) is 27.8 Å². The Morgan fingerprint density at radius 2 is 1.67 bits per heavy atom. The van der Waals surface area contributed by atoms with Crippen molar-refractivity contribution in [1.29, 1.82) is 0 Å². The van der Waals surface area contributed by atoms with Crippen molar-refractivity contribution in [2.75, 3.05) is 0 Å². The van der Waals surface area contributed by atoms with Crippen molar-refractivity contribution < 1.29 is 4.42 Å². The van der Waals surface area contributed by atoms with Gasteiger partial charge in [0.25, 0.3) is 0 Å². The first-order valence-electron chi connectivity index (χ1n) is 7.96. The van der Waals surface area contributed by atoms with Crippen LogP contribution in [0.3, 0.4) is 0 Å². The van der Waals surface area contributed by atoms with Crippen LogP contribution in [0.25, 0.3) is 34.2 Å². The Kier molecular flexibility index (Phi) is 3.51. The number of para-hydroxylation sites is 1. The molecule has 0 aliphatic carbocycles. The molecule has 2 nitrogen and oxygen atoms in total. The van der Waals surface area contributed by atoms with Crippen LogP contribution in [-0.4, -0.2) is 6.21 Å². The maximum atomic E-state index is 5.92. The summed E-state index contributed by atoms with van der Waals surface area (Å²) in [6, 6.07) is 22.4. The minimum atomic E-state index is 0.891. The van der Waals surface area contributed by atoms with Crippen LogP contribution in [0.2, 0.25) is 0 Å². The molecule has 4 rings (SSSR count). The Hall–Kier alpha value is -3.13.